The molecular formula is C39H43FN6O3. The molecule has 1 aromatic heterocycles. The molecule has 0 radical (unpaired) electrons. The summed E-state index contributed by atoms with van der Waals surface area (Å²) in [4.78, 5) is 17.1. The molecule has 1 aliphatic carbocycles. The number of benzene rings is 3. The lowest BCUT2D eigenvalue weighted by molar-refractivity contribution is 0.0954. The van der Waals surface area contributed by atoms with E-state index < -0.39 is 5.82 Å². The molecule has 4 aliphatic heterocycles. The van der Waals surface area contributed by atoms with Gasteiger partial charge in [-0.15, -0.1) is 6.42 Å². The highest BCUT2D eigenvalue weighted by atomic mass is 19.1. The van der Waals surface area contributed by atoms with E-state index in [4.69, 9.17) is 25.9 Å². The number of phenols is 1. The maximum absolute atomic E-state index is 17.2. The Labute approximate surface area is 286 Å². The van der Waals surface area contributed by atoms with Crippen molar-refractivity contribution in [1.82, 2.24) is 25.1 Å². The number of aromatic hydroxyl groups is 1. The van der Waals surface area contributed by atoms with Crippen LogP contribution >= 0.6 is 0 Å². The largest absolute Gasteiger partial charge is 0.508 e. The Kier molecular flexibility index (Phi) is 7.38. The summed E-state index contributed by atoms with van der Waals surface area (Å²) in [5, 5.41) is 16.5. The number of rotatable bonds is 7. The summed E-state index contributed by atoms with van der Waals surface area (Å²) in [6.45, 7) is 4.84. The molecule has 5 aliphatic rings. The molecular weight excluding hydrogens is 619 g/mol. The number of piperazine rings is 1. The number of likely N-dealkylation sites (N-methyl/N-ethyl adjacent to an activating group) is 1. The first kappa shape index (κ1) is 30.9. The molecule has 4 atom stereocenters. The summed E-state index contributed by atoms with van der Waals surface area (Å²) in [6.07, 6.45) is 12.7. The van der Waals surface area contributed by atoms with Gasteiger partial charge in [-0.25, -0.2) is 4.39 Å². The second-order valence-corrected chi connectivity index (χ2v) is 15.2. The van der Waals surface area contributed by atoms with Crippen LogP contribution in [0.1, 0.15) is 44.1 Å². The van der Waals surface area contributed by atoms with Gasteiger partial charge in [-0.1, -0.05) is 18.1 Å². The number of fused-ring (bicyclic) bond motifs is 6. The highest BCUT2D eigenvalue weighted by Crippen LogP contribution is 2.49. The van der Waals surface area contributed by atoms with Crippen LogP contribution in [0.3, 0.4) is 0 Å². The number of piperidine rings is 1. The molecule has 0 unspecified atom stereocenters. The molecule has 4 aromatic rings. The lowest BCUT2D eigenvalue weighted by atomic mass is 9.93. The minimum Gasteiger partial charge on any atom is -0.508 e. The third-order valence-corrected chi connectivity index (χ3v) is 11.7. The first-order valence-corrected chi connectivity index (χ1v) is 17.7. The molecule has 49 heavy (non-hydrogen) atoms. The number of terminal acetylenes is 1. The fourth-order valence-electron chi connectivity index (χ4n) is 8.86. The van der Waals surface area contributed by atoms with Gasteiger partial charge < -0.3 is 34.6 Å². The molecule has 2 N–H and O–H groups in total. The molecule has 4 fully saturated rings. The first-order chi connectivity index (χ1) is 23.8. The number of hydrogen-bond acceptors (Lipinski definition) is 9. The summed E-state index contributed by atoms with van der Waals surface area (Å²) in [5.41, 5.74) is 1.58. The fraction of sp³-hybridized carbons (Fsp3) is 0.487. The molecule has 2 bridgehead atoms. The van der Waals surface area contributed by atoms with Crippen LogP contribution in [0.2, 0.25) is 0 Å². The van der Waals surface area contributed by atoms with Crippen molar-refractivity contribution in [2.75, 3.05) is 58.4 Å². The number of halogens is 1. The Bertz CT molecular complexity index is 2010. The molecule has 0 spiro atoms. The van der Waals surface area contributed by atoms with E-state index in [1.807, 2.05) is 18.2 Å². The molecule has 10 heteroatoms. The van der Waals surface area contributed by atoms with Crippen LogP contribution in [0, 0.1) is 23.6 Å². The SMILES string of the molecule is C#Cc1cccc2cc(O)cc(-c3cc4c5c(nc(OCC6(CN7CCC[C@H](N(C)C)C7)CC6)nc5c3F)N3C[C@H]5CC[C@H](N5)[C@H]3CO4)c12. The van der Waals surface area contributed by atoms with Crippen LogP contribution in [0.4, 0.5) is 10.2 Å². The van der Waals surface area contributed by atoms with Crippen LogP contribution < -0.4 is 19.7 Å². The number of phenolic OH excluding ortho intramolecular Hbond substituents is 1. The van der Waals surface area contributed by atoms with Crippen LogP contribution in [-0.4, -0.2) is 103 Å². The van der Waals surface area contributed by atoms with E-state index in [9.17, 15) is 5.11 Å². The number of nitrogens with zero attached hydrogens (tertiary/aromatic N) is 5. The Morgan fingerprint density at radius 1 is 1.12 bits per heavy atom. The van der Waals surface area contributed by atoms with E-state index in [1.54, 1.807) is 18.2 Å². The van der Waals surface area contributed by atoms with E-state index in [-0.39, 0.29) is 40.3 Å². The van der Waals surface area contributed by atoms with Crippen LogP contribution in [0.5, 0.6) is 17.5 Å². The van der Waals surface area contributed by atoms with Crippen molar-refractivity contribution in [3.63, 3.8) is 0 Å². The van der Waals surface area contributed by atoms with Gasteiger partial charge in [0.15, 0.2) is 5.82 Å². The molecule has 1 saturated carbocycles. The predicted octanol–water partition coefficient (Wildman–Crippen LogP) is 5.16. The highest BCUT2D eigenvalue weighted by Gasteiger charge is 2.47. The second kappa shape index (κ2) is 11.7. The number of aromatic nitrogens is 2. The van der Waals surface area contributed by atoms with Crippen LogP contribution in [0.15, 0.2) is 36.4 Å². The summed E-state index contributed by atoms with van der Waals surface area (Å²) >= 11 is 0. The number of hydrogen-bond donors (Lipinski definition) is 2. The molecule has 9 rings (SSSR count). The molecule has 3 saturated heterocycles. The first-order valence-electron chi connectivity index (χ1n) is 17.7. The zero-order valence-corrected chi connectivity index (χ0v) is 28.2. The molecule has 3 aromatic carbocycles. The fourth-order valence-corrected chi connectivity index (χ4v) is 8.86. The Morgan fingerprint density at radius 2 is 2.00 bits per heavy atom. The van der Waals surface area contributed by atoms with E-state index in [1.165, 1.54) is 12.8 Å². The van der Waals surface area contributed by atoms with E-state index in [0.29, 0.717) is 58.8 Å². The minimum atomic E-state index is -0.518. The van der Waals surface area contributed by atoms with Crippen LogP contribution in [0.25, 0.3) is 32.8 Å². The van der Waals surface area contributed by atoms with Gasteiger partial charge in [0.2, 0.25) is 0 Å². The van der Waals surface area contributed by atoms with E-state index in [2.05, 4.69) is 40.0 Å². The van der Waals surface area contributed by atoms with Crippen molar-refractivity contribution < 1.29 is 19.0 Å². The number of nitrogens with one attached hydrogen (secondary N) is 1. The van der Waals surface area contributed by atoms with Gasteiger partial charge >= 0.3 is 6.01 Å². The molecule has 9 nitrogen and oxygen atoms in total. The number of ether oxygens (including phenoxy) is 2. The van der Waals surface area contributed by atoms with Gasteiger partial charge in [0.25, 0.3) is 0 Å². The zero-order valence-electron chi connectivity index (χ0n) is 28.2. The van der Waals surface area contributed by atoms with Crippen molar-refractivity contribution in [1.29, 1.82) is 0 Å². The molecule has 0 amide bonds. The van der Waals surface area contributed by atoms with E-state index >= 15 is 4.39 Å². The lowest BCUT2D eigenvalue weighted by Crippen LogP contribution is -2.60. The lowest BCUT2D eigenvalue weighted by Gasteiger charge is -2.40. The third-order valence-electron chi connectivity index (χ3n) is 11.7. The molecule has 254 valence electrons. The van der Waals surface area contributed by atoms with Crippen molar-refractivity contribution >= 4 is 27.5 Å². The minimum absolute atomic E-state index is 0.0231. The van der Waals surface area contributed by atoms with Crippen molar-refractivity contribution in [2.45, 2.75) is 62.7 Å². The van der Waals surface area contributed by atoms with Gasteiger partial charge in [-0.3, -0.25) is 0 Å². The zero-order chi connectivity index (χ0) is 33.4. The summed E-state index contributed by atoms with van der Waals surface area (Å²) in [7, 11) is 4.34. The predicted molar refractivity (Wildman–Crippen MR) is 189 cm³/mol. The van der Waals surface area contributed by atoms with Crippen molar-refractivity contribution in [2.24, 2.45) is 5.41 Å². The Morgan fingerprint density at radius 3 is 2.82 bits per heavy atom. The number of anilines is 1. The monoisotopic (exact) mass is 662 g/mol. The van der Waals surface area contributed by atoms with Crippen molar-refractivity contribution in [3.8, 4) is 41.0 Å². The van der Waals surface area contributed by atoms with Gasteiger partial charge in [-0.05, 0) is 94.4 Å². The summed E-state index contributed by atoms with van der Waals surface area (Å²) in [6, 6.07) is 11.9. The topological polar surface area (TPSA) is 86.2 Å². The van der Waals surface area contributed by atoms with E-state index in [0.717, 1.165) is 57.2 Å². The Hall–Kier alpha value is -4.17. The second-order valence-electron chi connectivity index (χ2n) is 15.2. The normalized spacial score (nSPS) is 25.6. The van der Waals surface area contributed by atoms with Crippen LogP contribution in [-0.2, 0) is 0 Å². The maximum atomic E-state index is 17.2. The smallest absolute Gasteiger partial charge is 0.319 e. The van der Waals surface area contributed by atoms with Gasteiger partial charge in [-0.2, -0.15) is 9.97 Å². The quantitative estimate of drug-likeness (QED) is 0.261. The maximum Gasteiger partial charge on any atom is 0.319 e. The third kappa shape index (κ3) is 5.34. The Balaban J connectivity index is 1.14. The number of likely N-dealkylation sites (tertiary alicyclic amines) is 1. The summed E-state index contributed by atoms with van der Waals surface area (Å²) < 4.78 is 30.2. The van der Waals surface area contributed by atoms with Gasteiger partial charge in [0.1, 0.15) is 29.4 Å². The van der Waals surface area contributed by atoms with Gasteiger partial charge in [0.05, 0.1) is 18.0 Å². The van der Waals surface area contributed by atoms with Gasteiger partial charge in [0, 0.05) is 59.7 Å². The van der Waals surface area contributed by atoms with Crippen molar-refractivity contribution in [3.05, 3.63) is 47.8 Å². The average molecular weight is 663 g/mol. The standard InChI is InChI=1S/C39H43FN6O3/c1-4-23-7-5-8-24-15-27(47)16-28(33(23)24)29-17-32-34-36(35(29)40)42-38(43-37(34)46-18-25-10-11-30(41-25)31(46)20-48-32)49-22-39(12-13-39)21-45-14-6-9-26(19-45)44(2)3/h1,5,7-8,15-17,25-26,30-31,41,47H,6,9-14,18-22H2,2-3H3/t25-,26+,30+,31-/m1/s1. The molecule has 5 heterocycles. The average Bonchev–Trinajstić information content (AvgIpc) is 3.79. The summed E-state index contributed by atoms with van der Waals surface area (Å²) in [5.74, 6) is 3.44. The highest BCUT2D eigenvalue weighted by molar-refractivity contribution is 6.05.